The maximum atomic E-state index is 10.9. The van der Waals surface area contributed by atoms with Gasteiger partial charge in [-0.25, -0.2) is 0 Å². The number of hydrogen-bond acceptors (Lipinski definition) is 4. The Bertz CT molecular complexity index is 541. The Kier molecular flexibility index (Phi) is 3.36. The second kappa shape index (κ2) is 4.81. The van der Waals surface area contributed by atoms with Crippen molar-refractivity contribution >= 4 is 0 Å². The lowest BCUT2D eigenvalue weighted by Gasteiger charge is -2.60. The molecule has 23 heavy (non-hydrogen) atoms. The van der Waals surface area contributed by atoms with Crippen LogP contribution in [0.5, 0.6) is 0 Å². The van der Waals surface area contributed by atoms with Crippen LogP contribution in [0.3, 0.4) is 0 Å². The third-order valence-electron chi connectivity index (χ3n) is 7.90. The zero-order chi connectivity index (χ0) is 16.6. The summed E-state index contributed by atoms with van der Waals surface area (Å²) in [5.41, 5.74) is 1.02. The minimum absolute atomic E-state index is 0.0210. The van der Waals surface area contributed by atoms with Crippen molar-refractivity contribution in [3.8, 4) is 0 Å². The predicted molar refractivity (Wildman–Crippen MR) is 86.3 cm³/mol. The van der Waals surface area contributed by atoms with E-state index in [-0.39, 0.29) is 40.8 Å². The van der Waals surface area contributed by atoms with Crippen LogP contribution in [0.1, 0.15) is 58.8 Å². The molecule has 7 atom stereocenters. The number of fused-ring (bicyclic) bond motifs is 5. The van der Waals surface area contributed by atoms with Gasteiger partial charge in [0, 0.05) is 5.92 Å². The van der Waals surface area contributed by atoms with Crippen LogP contribution in [-0.2, 0) is 0 Å². The molecule has 0 bridgehead atoms. The van der Waals surface area contributed by atoms with Crippen LogP contribution >= 0.6 is 0 Å². The maximum Gasteiger partial charge on any atom is 0.186 e. The first-order chi connectivity index (χ1) is 10.7. The van der Waals surface area contributed by atoms with E-state index < -0.39 is 5.79 Å². The topological polar surface area (TPSA) is 80.9 Å². The van der Waals surface area contributed by atoms with Gasteiger partial charge in [0.2, 0.25) is 0 Å². The first kappa shape index (κ1) is 16.1. The molecule has 4 nitrogen and oxygen atoms in total. The molecule has 4 aliphatic carbocycles. The molecule has 0 spiro atoms. The number of hydrogen-bond donors (Lipinski definition) is 4. The fourth-order valence-corrected chi connectivity index (χ4v) is 6.69. The number of rotatable bonds is 0. The van der Waals surface area contributed by atoms with Crippen LogP contribution in [0.2, 0.25) is 0 Å². The van der Waals surface area contributed by atoms with Gasteiger partial charge in [0.15, 0.2) is 5.79 Å². The molecule has 2 unspecified atom stereocenters. The zero-order valence-corrected chi connectivity index (χ0v) is 14.2. The molecule has 0 aliphatic heterocycles. The maximum absolute atomic E-state index is 10.9. The van der Waals surface area contributed by atoms with E-state index in [9.17, 15) is 20.4 Å². The number of aliphatic hydroxyl groups is 4. The van der Waals surface area contributed by atoms with Crippen molar-refractivity contribution in [3.63, 3.8) is 0 Å². The predicted octanol–water partition coefficient (Wildman–Crippen LogP) is 1.96. The van der Waals surface area contributed by atoms with E-state index in [2.05, 4.69) is 13.8 Å². The highest BCUT2D eigenvalue weighted by Gasteiger charge is 2.63. The molecule has 0 heterocycles. The second-order valence-corrected chi connectivity index (χ2v) is 9.29. The van der Waals surface area contributed by atoms with Crippen LogP contribution in [0, 0.1) is 28.6 Å². The lowest BCUT2D eigenvalue weighted by atomic mass is 9.47. The lowest BCUT2D eigenvalue weighted by Crippen LogP contribution is -2.59. The van der Waals surface area contributed by atoms with Crippen LogP contribution in [0.25, 0.3) is 0 Å². The van der Waals surface area contributed by atoms with Gasteiger partial charge < -0.3 is 20.4 Å². The molecule has 0 aromatic heterocycles. The Morgan fingerprint density at radius 3 is 2.48 bits per heavy atom. The Morgan fingerprint density at radius 2 is 1.74 bits per heavy atom. The number of aliphatic hydroxyl groups excluding tert-OH is 2. The van der Waals surface area contributed by atoms with Crippen molar-refractivity contribution < 1.29 is 20.4 Å². The molecule has 0 amide bonds. The SMILES string of the molecule is C[C@]12CC[C@@H]3[C@H]([C@@H]1CC(O)C2)C(O)(O)C=C1CC(O)CC[C@@]13C. The van der Waals surface area contributed by atoms with E-state index in [1.807, 2.05) is 0 Å². The van der Waals surface area contributed by atoms with Crippen molar-refractivity contribution in [2.24, 2.45) is 28.6 Å². The summed E-state index contributed by atoms with van der Waals surface area (Å²) in [4.78, 5) is 0. The summed E-state index contributed by atoms with van der Waals surface area (Å²) in [6, 6.07) is 0. The van der Waals surface area contributed by atoms with Gasteiger partial charge >= 0.3 is 0 Å². The van der Waals surface area contributed by atoms with Crippen molar-refractivity contribution in [3.05, 3.63) is 11.6 Å². The van der Waals surface area contributed by atoms with Gasteiger partial charge in [-0.1, -0.05) is 19.4 Å². The third kappa shape index (κ3) is 2.18. The fraction of sp³-hybridized carbons (Fsp3) is 0.895. The Balaban J connectivity index is 1.78. The molecular weight excluding hydrogens is 292 g/mol. The summed E-state index contributed by atoms with van der Waals surface area (Å²) in [6.07, 6.45) is 6.75. The van der Waals surface area contributed by atoms with Crippen molar-refractivity contribution in [2.75, 3.05) is 0 Å². The van der Waals surface area contributed by atoms with Gasteiger partial charge in [-0.05, 0) is 73.7 Å². The van der Waals surface area contributed by atoms with Crippen LogP contribution in [0.15, 0.2) is 11.6 Å². The molecule has 0 aromatic rings. The monoisotopic (exact) mass is 322 g/mol. The van der Waals surface area contributed by atoms with Crippen molar-refractivity contribution in [2.45, 2.75) is 76.8 Å². The highest BCUT2D eigenvalue weighted by Crippen LogP contribution is 2.66. The third-order valence-corrected chi connectivity index (χ3v) is 7.90. The van der Waals surface area contributed by atoms with Crippen LogP contribution in [-0.4, -0.2) is 38.4 Å². The zero-order valence-electron chi connectivity index (χ0n) is 14.2. The summed E-state index contributed by atoms with van der Waals surface area (Å²) in [5.74, 6) is -1.63. The van der Waals surface area contributed by atoms with Gasteiger partial charge in [-0.3, -0.25) is 0 Å². The molecule has 0 radical (unpaired) electrons. The highest BCUT2D eigenvalue weighted by molar-refractivity contribution is 5.29. The highest BCUT2D eigenvalue weighted by atomic mass is 16.5. The Labute approximate surface area is 138 Å². The van der Waals surface area contributed by atoms with Gasteiger partial charge in [0.25, 0.3) is 0 Å². The quantitative estimate of drug-likeness (QED) is 0.406. The molecule has 130 valence electrons. The molecule has 3 fully saturated rings. The average Bonchev–Trinajstić information content (AvgIpc) is 2.74. The molecule has 4 N–H and O–H groups in total. The Hall–Kier alpha value is -0.420. The standard InChI is InChI=1S/C19H30O4/c1-17-5-4-14-16(15(17)8-13(21)10-17)19(22,23)9-11-7-12(20)3-6-18(11,14)2/h9,12-16,20-23H,3-8,10H2,1-2H3/t12?,13?,14-,15+,16-,17-,18+/m1/s1. The van der Waals surface area contributed by atoms with Crippen LogP contribution < -0.4 is 0 Å². The van der Waals surface area contributed by atoms with Gasteiger partial charge in [-0.2, -0.15) is 0 Å². The summed E-state index contributed by atoms with van der Waals surface area (Å²) in [7, 11) is 0. The van der Waals surface area contributed by atoms with Gasteiger partial charge in [-0.15, -0.1) is 0 Å². The van der Waals surface area contributed by atoms with E-state index in [1.165, 1.54) is 0 Å². The molecule has 0 saturated heterocycles. The first-order valence-electron chi connectivity index (χ1n) is 9.19. The molecular formula is C19H30O4. The summed E-state index contributed by atoms with van der Waals surface area (Å²) < 4.78 is 0. The van der Waals surface area contributed by atoms with E-state index >= 15 is 0 Å². The van der Waals surface area contributed by atoms with E-state index in [1.54, 1.807) is 6.08 Å². The minimum atomic E-state index is -1.81. The Morgan fingerprint density at radius 1 is 1.00 bits per heavy atom. The first-order valence-corrected chi connectivity index (χ1v) is 9.19. The van der Waals surface area contributed by atoms with Crippen molar-refractivity contribution in [1.82, 2.24) is 0 Å². The van der Waals surface area contributed by atoms with Gasteiger partial charge in [0.1, 0.15) is 0 Å². The summed E-state index contributed by atoms with van der Waals surface area (Å²) in [6.45, 7) is 4.47. The molecule has 0 aromatic carbocycles. The average molecular weight is 322 g/mol. The normalized spacial score (nSPS) is 54.7. The molecule has 4 heteroatoms. The van der Waals surface area contributed by atoms with Gasteiger partial charge in [0.05, 0.1) is 12.2 Å². The molecule has 4 aliphatic rings. The second-order valence-electron chi connectivity index (χ2n) is 9.29. The van der Waals surface area contributed by atoms with Crippen molar-refractivity contribution in [1.29, 1.82) is 0 Å². The van der Waals surface area contributed by atoms with E-state index in [0.29, 0.717) is 12.8 Å². The van der Waals surface area contributed by atoms with E-state index in [4.69, 9.17) is 0 Å². The van der Waals surface area contributed by atoms with E-state index in [0.717, 1.165) is 37.7 Å². The van der Waals surface area contributed by atoms with Crippen LogP contribution in [0.4, 0.5) is 0 Å². The molecule has 3 saturated carbocycles. The molecule has 4 rings (SSSR count). The largest absolute Gasteiger partial charge is 0.393 e. The fourth-order valence-electron chi connectivity index (χ4n) is 6.69. The summed E-state index contributed by atoms with van der Waals surface area (Å²) in [5, 5.41) is 42.0. The lowest BCUT2D eigenvalue weighted by molar-refractivity contribution is -0.233. The smallest absolute Gasteiger partial charge is 0.186 e. The summed E-state index contributed by atoms with van der Waals surface area (Å²) >= 11 is 0. The minimum Gasteiger partial charge on any atom is -0.393 e.